The second-order valence-electron chi connectivity index (χ2n) is 4.96. The first kappa shape index (κ1) is 15.3. The quantitative estimate of drug-likeness (QED) is 0.841. The maximum Gasteiger partial charge on any atom is 0.298 e. The highest BCUT2D eigenvalue weighted by atomic mass is 32.2. The Hall–Kier alpha value is -2.60. The number of carbonyl (C=O) groups is 2. The van der Waals surface area contributed by atoms with Gasteiger partial charge in [-0.2, -0.15) is 0 Å². The molecule has 2 aromatic rings. The zero-order chi connectivity index (χ0) is 16.6. The molecule has 6 heteroatoms. The minimum absolute atomic E-state index is 0.0523. The van der Waals surface area contributed by atoms with E-state index in [0.29, 0.717) is 11.1 Å². The maximum atomic E-state index is 13.9. The number of amides is 2. The van der Waals surface area contributed by atoms with Crippen LogP contribution in [0.15, 0.2) is 53.4 Å². The van der Waals surface area contributed by atoms with Crippen LogP contribution >= 0.6 is 11.8 Å². The van der Waals surface area contributed by atoms with Crippen molar-refractivity contribution in [2.75, 3.05) is 4.90 Å². The number of phenolic OH excluding ortho intramolecular Hbond substituents is 1. The molecule has 0 bridgehead atoms. The van der Waals surface area contributed by atoms with Crippen LogP contribution in [-0.4, -0.2) is 16.3 Å². The van der Waals surface area contributed by atoms with E-state index >= 15 is 0 Å². The van der Waals surface area contributed by atoms with Gasteiger partial charge in [0, 0.05) is 0 Å². The zero-order valence-corrected chi connectivity index (χ0v) is 12.9. The minimum Gasteiger partial charge on any atom is -0.508 e. The van der Waals surface area contributed by atoms with E-state index in [9.17, 15) is 19.1 Å². The van der Waals surface area contributed by atoms with Gasteiger partial charge in [0.1, 0.15) is 11.6 Å². The molecular weight excluding hydrogens is 317 g/mol. The molecule has 0 saturated carbocycles. The number of phenols is 1. The summed E-state index contributed by atoms with van der Waals surface area (Å²) in [6, 6.07) is 12.0. The third-order valence-corrected chi connectivity index (χ3v) is 4.55. The van der Waals surface area contributed by atoms with E-state index in [-0.39, 0.29) is 16.3 Å². The van der Waals surface area contributed by atoms with E-state index < -0.39 is 17.0 Å². The molecule has 0 unspecified atom stereocenters. The van der Waals surface area contributed by atoms with Crippen LogP contribution < -0.4 is 4.90 Å². The number of halogens is 1. The maximum absolute atomic E-state index is 13.9. The molecule has 2 amide bonds. The molecule has 1 aliphatic rings. The summed E-state index contributed by atoms with van der Waals surface area (Å²) < 4.78 is 13.9. The van der Waals surface area contributed by atoms with Crippen LogP contribution in [0.4, 0.5) is 14.9 Å². The summed E-state index contributed by atoms with van der Waals surface area (Å²) in [5.41, 5.74) is 1.26. The summed E-state index contributed by atoms with van der Waals surface area (Å²) >= 11 is 0.780. The number of benzene rings is 2. The number of rotatable bonds is 2. The first-order valence-corrected chi connectivity index (χ1v) is 7.62. The molecule has 1 N–H and O–H groups in total. The second kappa shape index (κ2) is 5.89. The zero-order valence-electron chi connectivity index (χ0n) is 12.1. The average Bonchev–Trinajstić information content (AvgIpc) is 2.83. The standard InChI is InChI=1S/C17H12FNO3S/c1-10(11-6-8-12(20)9-7-11)15-16(21)19(17(22)23-15)14-5-3-2-4-13(14)18/h2-9,20H,1H3/b15-10-. The van der Waals surface area contributed by atoms with Crippen molar-refractivity contribution in [2.24, 2.45) is 0 Å². The van der Waals surface area contributed by atoms with Crippen molar-refractivity contribution < 1.29 is 19.1 Å². The van der Waals surface area contributed by atoms with E-state index in [2.05, 4.69) is 0 Å². The summed E-state index contributed by atoms with van der Waals surface area (Å²) in [6.45, 7) is 1.71. The first-order chi connectivity index (χ1) is 11.0. The van der Waals surface area contributed by atoms with Crippen molar-refractivity contribution in [3.8, 4) is 5.75 Å². The number of imide groups is 1. The van der Waals surface area contributed by atoms with Crippen LogP contribution in [0.25, 0.3) is 5.57 Å². The Labute approximate surface area is 136 Å². The van der Waals surface area contributed by atoms with Gasteiger partial charge in [-0.15, -0.1) is 0 Å². The molecule has 0 atom stereocenters. The largest absolute Gasteiger partial charge is 0.508 e. The number of hydrogen-bond donors (Lipinski definition) is 1. The number of carbonyl (C=O) groups excluding carboxylic acids is 2. The summed E-state index contributed by atoms with van der Waals surface area (Å²) in [5, 5.41) is 8.79. The fourth-order valence-electron chi connectivity index (χ4n) is 2.28. The number of hydrogen-bond acceptors (Lipinski definition) is 4. The van der Waals surface area contributed by atoms with Gasteiger partial charge in [0.15, 0.2) is 0 Å². The molecule has 2 aromatic carbocycles. The lowest BCUT2D eigenvalue weighted by Gasteiger charge is -2.13. The molecule has 0 aromatic heterocycles. The molecule has 1 heterocycles. The van der Waals surface area contributed by atoms with E-state index in [1.165, 1.54) is 30.3 Å². The van der Waals surface area contributed by atoms with Gasteiger partial charge in [-0.1, -0.05) is 24.3 Å². The van der Waals surface area contributed by atoms with E-state index in [1.54, 1.807) is 25.1 Å². The number of para-hydroxylation sites is 1. The van der Waals surface area contributed by atoms with Crippen molar-refractivity contribution >= 4 is 34.2 Å². The van der Waals surface area contributed by atoms with Crippen LogP contribution in [-0.2, 0) is 4.79 Å². The Bertz CT molecular complexity index is 830. The topological polar surface area (TPSA) is 57.6 Å². The summed E-state index contributed by atoms with van der Waals surface area (Å²) in [7, 11) is 0. The van der Waals surface area contributed by atoms with Gasteiger partial charge < -0.3 is 5.11 Å². The van der Waals surface area contributed by atoms with Crippen molar-refractivity contribution in [3.05, 3.63) is 64.8 Å². The van der Waals surface area contributed by atoms with Gasteiger partial charge in [0.25, 0.3) is 11.1 Å². The van der Waals surface area contributed by atoms with E-state index in [1.807, 2.05) is 0 Å². The first-order valence-electron chi connectivity index (χ1n) is 6.80. The molecule has 1 saturated heterocycles. The lowest BCUT2D eigenvalue weighted by atomic mass is 10.1. The van der Waals surface area contributed by atoms with Gasteiger partial charge in [0.05, 0.1) is 10.6 Å². The number of nitrogens with zero attached hydrogens (tertiary/aromatic N) is 1. The fourth-order valence-corrected chi connectivity index (χ4v) is 3.18. The SMILES string of the molecule is C/C(=C1/SC(=O)N(c2ccccc2F)C1=O)c1ccc(O)cc1. The fraction of sp³-hybridized carbons (Fsp3) is 0.0588. The predicted molar refractivity (Wildman–Crippen MR) is 87.6 cm³/mol. The molecule has 116 valence electrons. The second-order valence-corrected chi connectivity index (χ2v) is 5.92. The lowest BCUT2D eigenvalue weighted by molar-refractivity contribution is -0.113. The highest BCUT2D eigenvalue weighted by Crippen LogP contribution is 2.39. The summed E-state index contributed by atoms with van der Waals surface area (Å²) in [4.78, 5) is 25.8. The third-order valence-electron chi connectivity index (χ3n) is 3.50. The van der Waals surface area contributed by atoms with Crippen LogP contribution in [0, 0.1) is 5.82 Å². The normalized spacial score (nSPS) is 16.9. The molecule has 0 aliphatic carbocycles. The molecule has 3 rings (SSSR count). The Kier molecular flexibility index (Phi) is 3.92. The monoisotopic (exact) mass is 329 g/mol. The van der Waals surface area contributed by atoms with E-state index in [0.717, 1.165) is 16.7 Å². The Morgan fingerprint density at radius 3 is 2.39 bits per heavy atom. The average molecular weight is 329 g/mol. The molecule has 0 radical (unpaired) electrons. The molecule has 4 nitrogen and oxygen atoms in total. The summed E-state index contributed by atoms with van der Waals surface area (Å²) in [5.74, 6) is -1.06. The van der Waals surface area contributed by atoms with Gasteiger partial charge in [0.2, 0.25) is 0 Å². The third kappa shape index (κ3) is 2.73. The van der Waals surface area contributed by atoms with Crippen LogP contribution in [0.1, 0.15) is 12.5 Å². The number of allylic oxidation sites excluding steroid dienone is 1. The van der Waals surface area contributed by atoms with Crippen molar-refractivity contribution in [1.29, 1.82) is 0 Å². The molecule has 1 fully saturated rings. The highest BCUT2D eigenvalue weighted by Gasteiger charge is 2.38. The molecule has 23 heavy (non-hydrogen) atoms. The molecule has 1 aliphatic heterocycles. The Balaban J connectivity index is 2.03. The van der Waals surface area contributed by atoms with Crippen LogP contribution in [0.2, 0.25) is 0 Å². The Morgan fingerprint density at radius 2 is 1.74 bits per heavy atom. The van der Waals surface area contributed by atoms with Crippen LogP contribution in [0.5, 0.6) is 5.75 Å². The Morgan fingerprint density at radius 1 is 1.09 bits per heavy atom. The molecular formula is C17H12FNO3S. The molecule has 0 spiro atoms. The number of thioether (sulfide) groups is 1. The van der Waals surface area contributed by atoms with Gasteiger partial charge in [-0.3, -0.25) is 9.59 Å². The van der Waals surface area contributed by atoms with E-state index in [4.69, 9.17) is 0 Å². The predicted octanol–water partition coefficient (Wildman–Crippen LogP) is 4.16. The number of anilines is 1. The van der Waals surface area contributed by atoms with Gasteiger partial charge in [-0.25, -0.2) is 9.29 Å². The van der Waals surface area contributed by atoms with Crippen molar-refractivity contribution in [1.82, 2.24) is 0 Å². The smallest absolute Gasteiger partial charge is 0.298 e. The van der Waals surface area contributed by atoms with Gasteiger partial charge >= 0.3 is 0 Å². The summed E-state index contributed by atoms with van der Waals surface area (Å²) in [6.07, 6.45) is 0. The lowest BCUT2D eigenvalue weighted by Crippen LogP contribution is -2.28. The van der Waals surface area contributed by atoms with Gasteiger partial charge in [-0.05, 0) is 54.1 Å². The van der Waals surface area contributed by atoms with Crippen molar-refractivity contribution in [2.45, 2.75) is 6.92 Å². The van der Waals surface area contributed by atoms with Crippen LogP contribution in [0.3, 0.4) is 0 Å². The number of aromatic hydroxyl groups is 1. The minimum atomic E-state index is -0.627. The highest BCUT2D eigenvalue weighted by molar-refractivity contribution is 8.19. The van der Waals surface area contributed by atoms with Crippen molar-refractivity contribution in [3.63, 3.8) is 0 Å².